The standard InChI is InChI=1S/C11H17N3O/c1-7(2)10-8-4-6-15-11(8)14-9(13-10)3-5-12/h7H,3-6,12H2,1-2H3. The summed E-state index contributed by atoms with van der Waals surface area (Å²) in [4.78, 5) is 8.94. The zero-order valence-corrected chi connectivity index (χ0v) is 9.29. The minimum absolute atomic E-state index is 0.417. The number of fused-ring (bicyclic) bond motifs is 1. The Morgan fingerprint density at radius 3 is 2.87 bits per heavy atom. The number of ether oxygens (including phenoxy) is 1. The summed E-state index contributed by atoms with van der Waals surface area (Å²) in [6.45, 7) is 5.60. The molecule has 0 amide bonds. The highest BCUT2D eigenvalue weighted by Gasteiger charge is 2.21. The van der Waals surface area contributed by atoms with E-state index in [1.807, 2.05) is 0 Å². The summed E-state index contributed by atoms with van der Waals surface area (Å²) in [5, 5.41) is 0. The van der Waals surface area contributed by atoms with E-state index in [9.17, 15) is 0 Å². The van der Waals surface area contributed by atoms with Gasteiger partial charge in [0.05, 0.1) is 12.3 Å². The molecular formula is C11H17N3O. The fourth-order valence-electron chi connectivity index (χ4n) is 1.85. The van der Waals surface area contributed by atoms with Gasteiger partial charge in [-0.25, -0.2) is 4.98 Å². The van der Waals surface area contributed by atoms with Gasteiger partial charge in [0, 0.05) is 18.4 Å². The smallest absolute Gasteiger partial charge is 0.220 e. The third-order valence-electron chi connectivity index (χ3n) is 2.55. The molecule has 0 radical (unpaired) electrons. The lowest BCUT2D eigenvalue weighted by Gasteiger charge is -2.10. The van der Waals surface area contributed by atoms with Crippen molar-refractivity contribution in [2.75, 3.05) is 13.2 Å². The van der Waals surface area contributed by atoms with Crippen LogP contribution in [-0.2, 0) is 12.8 Å². The van der Waals surface area contributed by atoms with Crippen molar-refractivity contribution < 1.29 is 4.74 Å². The van der Waals surface area contributed by atoms with Crippen LogP contribution in [0.2, 0.25) is 0 Å². The maximum atomic E-state index is 5.51. The highest BCUT2D eigenvalue weighted by molar-refractivity contribution is 5.35. The molecule has 0 aliphatic carbocycles. The van der Waals surface area contributed by atoms with Crippen molar-refractivity contribution in [3.63, 3.8) is 0 Å². The molecule has 2 heterocycles. The van der Waals surface area contributed by atoms with E-state index in [0.717, 1.165) is 36.8 Å². The predicted molar refractivity (Wildman–Crippen MR) is 58.1 cm³/mol. The van der Waals surface area contributed by atoms with Crippen molar-refractivity contribution >= 4 is 0 Å². The first-order valence-electron chi connectivity index (χ1n) is 5.45. The molecule has 0 saturated carbocycles. The second-order valence-corrected chi connectivity index (χ2v) is 4.10. The van der Waals surface area contributed by atoms with Crippen LogP contribution in [0.25, 0.3) is 0 Å². The van der Waals surface area contributed by atoms with Gasteiger partial charge in [0.25, 0.3) is 0 Å². The molecule has 0 spiro atoms. The molecule has 15 heavy (non-hydrogen) atoms. The van der Waals surface area contributed by atoms with E-state index in [-0.39, 0.29) is 0 Å². The Morgan fingerprint density at radius 2 is 2.20 bits per heavy atom. The summed E-state index contributed by atoms with van der Waals surface area (Å²) in [7, 11) is 0. The van der Waals surface area contributed by atoms with Crippen molar-refractivity contribution in [3.8, 4) is 5.88 Å². The molecule has 0 aromatic carbocycles. The van der Waals surface area contributed by atoms with Gasteiger partial charge in [-0.15, -0.1) is 0 Å². The zero-order valence-electron chi connectivity index (χ0n) is 9.29. The number of aromatic nitrogens is 2. The first-order chi connectivity index (χ1) is 7.22. The molecule has 0 fully saturated rings. The average Bonchev–Trinajstić information content (AvgIpc) is 2.64. The predicted octanol–water partition coefficient (Wildman–Crippen LogP) is 1.04. The minimum atomic E-state index is 0.417. The molecule has 2 N–H and O–H groups in total. The van der Waals surface area contributed by atoms with Crippen LogP contribution in [0.1, 0.15) is 36.8 Å². The van der Waals surface area contributed by atoms with Crippen molar-refractivity contribution in [1.82, 2.24) is 9.97 Å². The fourth-order valence-corrected chi connectivity index (χ4v) is 1.85. The van der Waals surface area contributed by atoms with Crippen molar-refractivity contribution in [3.05, 3.63) is 17.1 Å². The van der Waals surface area contributed by atoms with Crippen LogP contribution in [0, 0.1) is 0 Å². The Bertz CT molecular complexity index is 363. The first kappa shape index (κ1) is 10.4. The second kappa shape index (κ2) is 4.14. The largest absolute Gasteiger partial charge is 0.477 e. The van der Waals surface area contributed by atoms with E-state index < -0.39 is 0 Å². The maximum absolute atomic E-state index is 5.51. The summed E-state index contributed by atoms with van der Waals surface area (Å²) >= 11 is 0. The molecule has 2 rings (SSSR count). The van der Waals surface area contributed by atoms with E-state index in [1.165, 1.54) is 5.56 Å². The van der Waals surface area contributed by atoms with E-state index in [2.05, 4.69) is 23.8 Å². The molecule has 0 unspecified atom stereocenters. The average molecular weight is 207 g/mol. The molecule has 1 aliphatic rings. The Labute approximate surface area is 89.9 Å². The van der Waals surface area contributed by atoms with Crippen LogP contribution in [0.3, 0.4) is 0 Å². The lowest BCUT2D eigenvalue weighted by Crippen LogP contribution is -2.10. The maximum Gasteiger partial charge on any atom is 0.220 e. The van der Waals surface area contributed by atoms with Crippen LogP contribution < -0.4 is 10.5 Å². The highest BCUT2D eigenvalue weighted by atomic mass is 16.5. The molecule has 0 saturated heterocycles. The second-order valence-electron chi connectivity index (χ2n) is 4.10. The number of nitrogens with zero attached hydrogens (tertiary/aromatic N) is 2. The summed E-state index contributed by atoms with van der Waals surface area (Å²) < 4.78 is 5.48. The van der Waals surface area contributed by atoms with Gasteiger partial charge in [-0.1, -0.05) is 13.8 Å². The third-order valence-corrected chi connectivity index (χ3v) is 2.55. The van der Waals surface area contributed by atoms with Crippen molar-refractivity contribution in [1.29, 1.82) is 0 Å². The third kappa shape index (κ3) is 1.95. The van der Waals surface area contributed by atoms with Gasteiger partial charge >= 0.3 is 0 Å². The zero-order chi connectivity index (χ0) is 10.8. The quantitative estimate of drug-likeness (QED) is 0.804. The van der Waals surface area contributed by atoms with E-state index >= 15 is 0 Å². The molecule has 0 bridgehead atoms. The van der Waals surface area contributed by atoms with Crippen LogP contribution in [-0.4, -0.2) is 23.1 Å². The normalized spacial score (nSPS) is 14.1. The lowest BCUT2D eigenvalue weighted by molar-refractivity contribution is 0.343. The highest BCUT2D eigenvalue weighted by Crippen LogP contribution is 2.29. The Hall–Kier alpha value is -1.16. The molecule has 0 atom stereocenters. The number of hydrogen-bond donors (Lipinski definition) is 1. The Kier molecular flexibility index (Phi) is 2.86. The van der Waals surface area contributed by atoms with Gasteiger partial charge in [0.2, 0.25) is 5.88 Å². The van der Waals surface area contributed by atoms with Crippen LogP contribution in [0.5, 0.6) is 5.88 Å². The molecule has 4 nitrogen and oxygen atoms in total. The van der Waals surface area contributed by atoms with Gasteiger partial charge in [-0.05, 0) is 12.5 Å². The Balaban J connectivity index is 2.43. The van der Waals surface area contributed by atoms with Crippen molar-refractivity contribution in [2.45, 2.75) is 32.6 Å². The monoisotopic (exact) mass is 207 g/mol. The molecular weight excluding hydrogens is 190 g/mol. The van der Waals surface area contributed by atoms with Crippen molar-refractivity contribution in [2.24, 2.45) is 5.73 Å². The van der Waals surface area contributed by atoms with Gasteiger partial charge in [0.15, 0.2) is 0 Å². The molecule has 82 valence electrons. The molecule has 1 aliphatic heterocycles. The molecule has 1 aromatic heterocycles. The van der Waals surface area contributed by atoms with Crippen LogP contribution >= 0.6 is 0 Å². The Morgan fingerprint density at radius 1 is 1.40 bits per heavy atom. The number of hydrogen-bond acceptors (Lipinski definition) is 4. The molecule has 4 heteroatoms. The molecule has 1 aromatic rings. The topological polar surface area (TPSA) is 61.0 Å². The first-order valence-corrected chi connectivity index (χ1v) is 5.45. The summed E-state index contributed by atoms with van der Waals surface area (Å²) in [5.41, 5.74) is 7.82. The summed E-state index contributed by atoms with van der Waals surface area (Å²) in [5.74, 6) is 2.00. The van der Waals surface area contributed by atoms with Crippen LogP contribution in [0.4, 0.5) is 0 Å². The fraction of sp³-hybridized carbons (Fsp3) is 0.636. The summed E-state index contributed by atoms with van der Waals surface area (Å²) in [6, 6.07) is 0. The summed E-state index contributed by atoms with van der Waals surface area (Å²) in [6.07, 6.45) is 1.65. The van der Waals surface area contributed by atoms with Crippen LogP contribution in [0.15, 0.2) is 0 Å². The van der Waals surface area contributed by atoms with Gasteiger partial charge in [-0.2, -0.15) is 4.98 Å². The van der Waals surface area contributed by atoms with Gasteiger partial charge in [-0.3, -0.25) is 0 Å². The van der Waals surface area contributed by atoms with Gasteiger partial charge < -0.3 is 10.5 Å². The lowest BCUT2D eigenvalue weighted by atomic mass is 10.0. The van der Waals surface area contributed by atoms with Gasteiger partial charge in [0.1, 0.15) is 5.82 Å². The minimum Gasteiger partial charge on any atom is -0.477 e. The SMILES string of the molecule is CC(C)c1nc(CCN)nc2c1CCO2. The van der Waals surface area contributed by atoms with E-state index in [0.29, 0.717) is 12.5 Å². The number of rotatable bonds is 3. The van der Waals surface area contributed by atoms with E-state index in [4.69, 9.17) is 10.5 Å². The van der Waals surface area contributed by atoms with E-state index in [1.54, 1.807) is 0 Å². The number of nitrogens with two attached hydrogens (primary N) is 1.